The summed E-state index contributed by atoms with van der Waals surface area (Å²) < 4.78 is 1.68. The average Bonchev–Trinajstić information content (AvgIpc) is 3.11. The molecule has 3 rings (SSSR count). The van der Waals surface area contributed by atoms with E-state index in [2.05, 4.69) is 15.0 Å². The number of carbonyl (C=O) groups excluding carboxylic acids is 1. The molecule has 0 unspecified atom stereocenters. The van der Waals surface area contributed by atoms with Gasteiger partial charge in [-0.15, -0.1) is 0 Å². The Morgan fingerprint density at radius 3 is 2.57 bits per heavy atom. The molecule has 0 aliphatic heterocycles. The van der Waals surface area contributed by atoms with Crippen LogP contribution in [0.3, 0.4) is 0 Å². The molecule has 0 radical (unpaired) electrons. The summed E-state index contributed by atoms with van der Waals surface area (Å²) in [6, 6.07) is 11.1. The summed E-state index contributed by atoms with van der Waals surface area (Å²) in [4.78, 5) is 21.7. The van der Waals surface area contributed by atoms with Gasteiger partial charge in [0, 0.05) is 19.3 Å². The number of halogens is 2. The smallest absolute Gasteiger partial charge is 0.257 e. The molecule has 6 nitrogen and oxygen atoms in total. The van der Waals surface area contributed by atoms with Gasteiger partial charge in [0.25, 0.3) is 5.91 Å². The second-order valence-corrected chi connectivity index (χ2v) is 8.19. The van der Waals surface area contributed by atoms with Gasteiger partial charge in [0.15, 0.2) is 5.82 Å². The zero-order valence-corrected chi connectivity index (χ0v) is 18.9. The Hall–Kier alpha value is -2.41. The molecule has 3 aromatic rings. The quantitative estimate of drug-likeness (QED) is 0.512. The predicted octanol–water partition coefficient (Wildman–Crippen LogP) is 4.48. The molecule has 0 saturated heterocycles. The van der Waals surface area contributed by atoms with Crippen LogP contribution in [0.2, 0.25) is 10.0 Å². The molecule has 8 heteroatoms. The van der Waals surface area contributed by atoms with E-state index in [4.69, 9.17) is 23.2 Å². The van der Waals surface area contributed by atoms with Crippen LogP contribution in [0.1, 0.15) is 28.0 Å². The van der Waals surface area contributed by atoms with E-state index >= 15 is 0 Å². The highest BCUT2D eigenvalue weighted by Crippen LogP contribution is 2.24. The van der Waals surface area contributed by atoms with Crippen LogP contribution >= 0.6 is 23.2 Å². The van der Waals surface area contributed by atoms with Crippen molar-refractivity contribution in [2.75, 3.05) is 27.2 Å². The first-order valence-electron chi connectivity index (χ1n) is 9.70. The van der Waals surface area contributed by atoms with Gasteiger partial charge in [-0.1, -0.05) is 35.3 Å². The molecular weight excluding hydrogens is 421 g/mol. The van der Waals surface area contributed by atoms with E-state index in [1.807, 2.05) is 50.2 Å². The summed E-state index contributed by atoms with van der Waals surface area (Å²) >= 11 is 12.2. The molecule has 0 aliphatic rings. The van der Waals surface area contributed by atoms with Gasteiger partial charge in [0.05, 0.1) is 27.5 Å². The fraction of sp³-hybridized carbons (Fsp3) is 0.318. The number of hydrogen-bond acceptors (Lipinski definition) is 4. The van der Waals surface area contributed by atoms with Crippen molar-refractivity contribution in [3.8, 4) is 5.82 Å². The Labute approximate surface area is 187 Å². The van der Waals surface area contributed by atoms with Gasteiger partial charge in [-0.3, -0.25) is 4.79 Å². The zero-order valence-electron chi connectivity index (χ0n) is 17.3. The zero-order chi connectivity index (χ0) is 21.7. The van der Waals surface area contributed by atoms with E-state index in [0.29, 0.717) is 34.5 Å². The molecule has 0 spiro atoms. The maximum absolute atomic E-state index is 13.4. The SMILES string of the molecule is Cc1c(C(=O)N(CCCN(C)C)Cc2ccc(Cl)c(Cl)c2)cnn1-c1ccccn1. The predicted molar refractivity (Wildman–Crippen MR) is 120 cm³/mol. The molecule has 1 aromatic carbocycles. The van der Waals surface area contributed by atoms with Crippen LogP contribution in [0.5, 0.6) is 0 Å². The number of nitrogens with zero attached hydrogens (tertiary/aromatic N) is 5. The largest absolute Gasteiger partial charge is 0.334 e. The highest BCUT2D eigenvalue weighted by atomic mass is 35.5. The Morgan fingerprint density at radius 1 is 1.10 bits per heavy atom. The first-order valence-corrected chi connectivity index (χ1v) is 10.5. The highest BCUT2D eigenvalue weighted by Gasteiger charge is 2.22. The molecule has 0 N–H and O–H groups in total. The monoisotopic (exact) mass is 445 g/mol. The third kappa shape index (κ3) is 5.39. The summed E-state index contributed by atoms with van der Waals surface area (Å²) in [7, 11) is 4.04. The normalized spacial score (nSPS) is 11.1. The number of carbonyl (C=O) groups is 1. The molecule has 0 aliphatic carbocycles. The molecule has 0 saturated carbocycles. The number of benzene rings is 1. The number of hydrogen-bond donors (Lipinski definition) is 0. The number of amides is 1. The molecule has 158 valence electrons. The molecule has 2 heterocycles. The van der Waals surface area contributed by atoms with E-state index in [1.54, 1.807) is 29.2 Å². The van der Waals surface area contributed by atoms with Crippen molar-refractivity contribution in [3.63, 3.8) is 0 Å². The minimum atomic E-state index is -0.0699. The van der Waals surface area contributed by atoms with Crippen molar-refractivity contribution in [1.82, 2.24) is 24.6 Å². The number of pyridine rings is 1. The van der Waals surface area contributed by atoms with Crippen LogP contribution in [-0.4, -0.2) is 57.7 Å². The maximum Gasteiger partial charge on any atom is 0.257 e. The topological polar surface area (TPSA) is 54.3 Å². The number of aromatic nitrogens is 3. The minimum Gasteiger partial charge on any atom is -0.334 e. The first kappa shape index (κ1) is 22.3. The summed E-state index contributed by atoms with van der Waals surface area (Å²) in [5.41, 5.74) is 2.24. The Morgan fingerprint density at radius 2 is 1.90 bits per heavy atom. The molecule has 0 bridgehead atoms. The lowest BCUT2D eigenvalue weighted by molar-refractivity contribution is 0.0736. The van der Waals surface area contributed by atoms with E-state index in [0.717, 1.165) is 24.2 Å². The van der Waals surface area contributed by atoms with E-state index in [1.165, 1.54) is 0 Å². The molecule has 30 heavy (non-hydrogen) atoms. The minimum absolute atomic E-state index is 0.0699. The first-order chi connectivity index (χ1) is 14.4. The van der Waals surface area contributed by atoms with Gasteiger partial charge in [0.1, 0.15) is 0 Å². The summed E-state index contributed by atoms with van der Waals surface area (Å²) in [5.74, 6) is 0.609. The Balaban J connectivity index is 1.85. The third-order valence-electron chi connectivity index (χ3n) is 4.78. The lowest BCUT2D eigenvalue weighted by Gasteiger charge is -2.24. The van der Waals surface area contributed by atoms with Crippen LogP contribution in [0.15, 0.2) is 48.8 Å². The lowest BCUT2D eigenvalue weighted by atomic mass is 10.1. The van der Waals surface area contributed by atoms with Crippen molar-refractivity contribution < 1.29 is 4.79 Å². The van der Waals surface area contributed by atoms with Gasteiger partial charge in [-0.25, -0.2) is 9.67 Å². The molecule has 2 aromatic heterocycles. The van der Waals surface area contributed by atoms with Crippen molar-refractivity contribution in [2.45, 2.75) is 19.9 Å². The molecule has 0 fully saturated rings. The summed E-state index contributed by atoms with van der Waals surface area (Å²) in [6.45, 7) is 3.83. The van der Waals surface area contributed by atoms with Crippen LogP contribution < -0.4 is 0 Å². The van der Waals surface area contributed by atoms with Crippen LogP contribution in [-0.2, 0) is 6.54 Å². The molecule has 1 amide bonds. The van der Waals surface area contributed by atoms with E-state index in [9.17, 15) is 4.79 Å². The fourth-order valence-electron chi connectivity index (χ4n) is 3.19. The number of rotatable bonds is 8. The van der Waals surface area contributed by atoms with Gasteiger partial charge < -0.3 is 9.80 Å². The van der Waals surface area contributed by atoms with Crippen LogP contribution in [0, 0.1) is 6.92 Å². The Kier molecular flexibility index (Phi) is 7.48. The van der Waals surface area contributed by atoms with Gasteiger partial charge in [0.2, 0.25) is 0 Å². The van der Waals surface area contributed by atoms with E-state index < -0.39 is 0 Å². The third-order valence-corrected chi connectivity index (χ3v) is 5.52. The molecule has 0 atom stereocenters. The van der Waals surface area contributed by atoms with E-state index in [-0.39, 0.29) is 5.91 Å². The van der Waals surface area contributed by atoms with Crippen LogP contribution in [0.4, 0.5) is 0 Å². The molecular formula is C22H25Cl2N5O. The van der Waals surface area contributed by atoms with Gasteiger partial charge >= 0.3 is 0 Å². The Bertz CT molecular complexity index is 1000. The highest BCUT2D eigenvalue weighted by molar-refractivity contribution is 6.42. The van der Waals surface area contributed by atoms with Crippen molar-refractivity contribution >= 4 is 29.1 Å². The van der Waals surface area contributed by atoms with Crippen molar-refractivity contribution in [2.24, 2.45) is 0 Å². The van der Waals surface area contributed by atoms with Crippen molar-refractivity contribution in [1.29, 1.82) is 0 Å². The summed E-state index contributed by atoms with van der Waals surface area (Å²) in [6.07, 6.45) is 4.17. The van der Waals surface area contributed by atoms with Crippen LogP contribution in [0.25, 0.3) is 5.82 Å². The summed E-state index contributed by atoms with van der Waals surface area (Å²) in [5, 5.41) is 5.37. The maximum atomic E-state index is 13.4. The second-order valence-electron chi connectivity index (χ2n) is 7.38. The van der Waals surface area contributed by atoms with Gasteiger partial charge in [-0.2, -0.15) is 5.10 Å². The van der Waals surface area contributed by atoms with Crippen molar-refractivity contribution in [3.05, 3.63) is 75.7 Å². The second kappa shape index (κ2) is 10.1. The fourth-order valence-corrected chi connectivity index (χ4v) is 3.51. The lowest BCUT2D eigenvalue weighted by Crippen LogP contribution is -2.33. The van der Waals surface area contributed by atoms with Gasteiger partial charge in [-0.05, 0) is 63.8 Å². The average molecular weight is 446 g/mol. The standard InChI is InChI=1S/C22H25Cl2N5O/c1-16-18(14-26-29(16)21-7-4-5-10-25-21)22(30)28(12-6-11-27(2)3)15-17-8-9-19(23)20(24)13-17/h4-5,7-10,13-14H,6,11-12,15H2,1-3H3.